The van der Waals surface area contributed by atoms with Crippen LogP contribution in [-0.2, 0) is 10.9 Å². The van der Waals surface area contributed by atoms with Crippen molar-refractivity contribution in [3.8, 4) is 0 Å². The molecule has 0 radical (unpaired) electrons. The molecule has 2 aromatic carbocycles. The molecule has 0 aliphatic carbocycles. The second-order valence-corrected chi connectivity index (χ2v) is 5.22. The molecule has 0 amide bonds. The van der Waals surface area contributed by atoms with Gasteiger partial charge in [0.1, 0.15) is 0 Å². The number of ether oxygens (including phenoxy) is 1. The molecule has 0 saturated carbocycles. The Balaban J connectivity index is 2.05. The number of halogens is 4. The van der Waals surface area contributed by atoms with E-state index < -0.39 is 30.1 Å². The first-order chi connectivity index (χ1) is 11.2. The molecule has 24 heavy (non-hydrogen) atoms. The van der Waals surface area contributed by atoms with Gasteiger partial charge < -0.3 is 10.5 Å². The zero-order chi connectivity index (χ0) is 17.9. The van der Waals surface area contributed by atoms with E-state index in [0.29, 0.717) is 6.07 Å². The third-order valence-electron chi connectivity index (χ3n) is 3.08. The van der Waals surface area contributed by atoms with Crippen molar-refractivity contribution in [3.63, 3.8) is 0 Å². The molecule has 0 saturated heterocycles. The van der Waals surface area contributed by atoms with Crippen molar-refractivity contribution in [2.45, 2.75) is 6.18 Å². The van der Waals surface area contributed by atoms with Crippen molar-refractivity contribution in [1.82, 2.24) is 0 Å². The van der Waals surface area contributed by atoms with Gasteiger partial charge in [0.05, 0.1) is 21.8 Å². The van der Waals surface area contributed by atoms with Gasteiger partial charge in [-0.3, -0.25) is 4.79 Å². The number of carbonyl (C=O) groups is 2. The number of nitrogen functional groups attached to an aromatic ring is 1. The first-order valence-electron chi connectivity index (χ1n) is 6.61. The summed E-state index contributed by atoms with van der Waals surface area (Å²) in [6, 6.07) is 7.90. The monoisotopic (exact) mass is 357 g/mol. The highest BCUT2D eigenvalue weighted by Gasteiger charge is 2.30. The molecule has 8 heteroatoms. The Hall–Kier alpha value is -2.54. The SMILES string of the molecule is Nc1cc(C(=O)OCC(=O)c2cccc(C(F)(F)F)c2)ccc1Cl. The molecule has 0 heterocycles. The first kappa shape index (κ1) is 17.8. The average Bonchev–Trinajstić information content (AvgIpc) is 2.54. The lowest BCUT2D eigenvalue weighted by Gasteiger charge is -2.09. The van der Waals surface area contributed by atoms with E-state index in [1.54, 1.807) is 0 Å². The van der Waals surface area contributed by atoms with Gasteiger partial charge in [0.15, 0.2) is 12.4 Å². The molecular formula is C16H11ClF3NO3. The largest absolute Gasteiger partial charge is 0.454 e. The Morgan fingerprint density at radius 1 is 1.08 bits per heavy atom. The van der Waals surface area contributed by atoms with Crippen LogP contribution >= 0.6 is 11.6 Å². The summed E-state index contributed by atoms with van der Waals surface area (Å²) >= 11 is 5.72. The summed E-state index contributed by atoms with van der Waals surface area (Å²) in [5.74, 6) is -1.59. The minimum absolute atomic E-state index is 0.0775. The fourth-order valence-electron chi connectivity index (χ4n) is 1.84. The molecule has 0 aliphatic rings. The van der Waals surface area contributed by atoms with E-state index in [4.69, 9.17) is 22.1 Å². The summed E-state index contributed by atoms with van der Waals surface area (Å²) in [7, 11) is 0. The number of alkyl halides is 3. The minimum Gasteiger partial charge on any atom is -0.454 e. The van der Waals surface area contributed by atoms with E-state index in [-0.39, 0.29) is 21.8 Å². The summed E-state index contributed by atoms with van der Waals surface area (Å²) in [5, 5.41) is 0.256. The number of nitrogens with two attached hydrogens (primary N) is 1. The van der Waals surface area contributed by atoms with Crippen molar-refractivity contribution in [1.29, 1.82) is 0 Å². The molecular weight excluding hydrogens is 347 g/mol. The second-order valence-electron chi connectivity index (χ2n) is 4.81. The lowest BCUT2D eigenvalue weighted by molar-refractivity contribution is -0.137. The van der Waals surface area contributed by atoms with Gasteiger partial charge in [0.2, 0.25) is 0 Å². The van der Waals surface area contributed by atoms with Gasteiger partial charge in [0, 0.05) is 5.56 Å². The predicted octanol–water partition coefficient (Wildman–Crippen LogP) is 3.98. The van der Waals surface area contributed by atoms with Crippen LogP contribution in [0.4, 0.5) is 18.9 Å². The number of rotatable bonds is 4. The number of ketones is 1. The van der Waals surface area contributed by atoms with Crippen LogP contribution in [0, 0.1) is 0 Å². The molecule has 0 unspecified atom stereocenters. The van der Waals surface area contributed by atoms with E-state index in [9.17, 15) is 22.8 Å². The Bertz CT molecular complexity index is 790. The highest BCUT2D eigenvalue weighted by molar-refractivity contribution is 6.33. The molecule has 126 valence electrons. The molecule has 0 aromatic heterocycles. The number of anilines is 1. The third kappa shape index (κ3) is 4.26. The Morgan fingerprint density at radius 3 is 2.42 bits per heavy atom. The molecule has 2 aromatic rings. The van der Waals surface area contributed by atoms with Gasteiger partial charge in [-0.05, 0) is 30.3 Å². The lowest BCUT2D eigenvalue weighted by Crippen LogP contribution is -2.15. The van der Waals surface area contributed by atoms with Gasteiger partial charge in [-0.25, -0.2) is 4.79 Å². The number of Topliss-reactive ketones (excluding diaryl/α,β-unsaturated/α-hetero) is 1. The van der Waals surface area contributed by atoms with Crippen LogP contribution in [0.25, 0.3) is 0 Å². The van der Waals surface area contributed by atoms with Gasteiger partial charge in [0.25, 0.3) is 0 Å². The number of hydrogen-bond acceptors (Lipinski definition) is 4. The van der Waals surface area contributed by atoms with Crippen LogP contribution in [0.5, 0.6) is 0 Å². The average molecular weight is 358 g/mol. The van der Waals surface area contributed by atoms with Gasteiger partial charge in [-0.1, -0.05) is 23.7 Å². The van der Waals surface area contributed by atoms with E-state index in [1.165, 1.54) is 24.3 Å². The Morgan fingerprint density at radius 2 is 1.79 bits per heavy atom. The summed E-state index contributed by atoms with van der Waals surface area (Å²) in [4.78, 5) is 23.7. The molecule has 0 aliphatic heterocycles. The fourth-order valence-corrected chi connectivity index (χ4v) is 1.95. The number of carbonyl (C=O) groups excluding carboxylic acids is 2. The van der Waals surface area contributed by atoms with Gasteiger partial charge in [-0.2, -0.15) is 13.2 Å². The third-order valence-corrected chi connectivity index (χ3v) is 3.42. The molecule has 0 spiro atoms. The van der Waals surface area contributed by atoms with Crippen LogP contribution in [0.1, 0.15) is 26.3 Å². The second kappa shape index (κ2) is 6.92. The minimum atomic E-state index is -4.56. The molecule has 0 atom stereocenters. The zero-order valence-corrected chi connectivity index (χ0v) is 12.8. The zero-order valence-electron chi connectivity index (χ0n) is 12.1. The standard InChI is InChI=1S/C16H11ClF3NO3/c17-12-5-4-10(7-13(12)21)15(23)24-8-14(22)9-2-1-3-11(6-9)16(18,19)20/h1-7H,8,21H2. The van der Waals surface area contributed by atoms with Crippen molar-refractivity contribution in [2.24, 2.45) is 0 Å². The molecule has 4 nitrogen and oxygen atoms in total. The van der Waals surface area contributed by atoms with E-state index in [0.717, 1.165) is 12.1 Å². The highest BCUT2D eigenvalue weighted by atomic mass is 35.5. The summed E-state index contributed by atoms with van der Waals surface area (Å²) in [6.07, 6.45) is -4.56. The highest BCUT2D eigenvalue weighted by Crippen LogP contribution is 2.29. The van der Waals surface area contributed by atoms with E-state index >= 15 is 0 Å². The Kier molecular flexibility index (Phi) is 5.14. The molecule has 2 rings (SSSR count). The van der Waals surface area contributed by atoms with Crippen LogP contribution in [-0.4, -0.2) is 18.4 Å². The van der Waals surface area contributed by atoms with Crippen molar-refractivity contribution in [3.05, 3.63) is 64.2 Å². The fraction of sp³-hybridized carbons (Fsp3) is 0.125. The maximum atomic E-state index is 12.6. The Labute approximate surface area is 140 Å². The number of hydrogen-bond donors (Lipinski definition) is 1. The van der Waals surface area contributed by atoms with Crippen LogP contribution in [0.3, 0.4) is 0 Å². The summed E-state index contributed by atoms with van der Waals surface area (Å²) in [5.41, 5.74) is 4.64. The number of esters is 1. The van der Waals surface area contributed by atoms with E-state index in [1.807, 2.05) is 0 Å². The predicted molar refractivity (Wildman–Crippen MR) is 81.9 cm³/mol. The van der Waals surface area contributed by atoms with E-state index in [2.05, 4.69) is 0 Å². The molecule has 0 bridgehead atoms. The molecule has 0 fully saturated rings. The van der Waals surface area contributed by atoms with Crippen molar-refractivity contribution in [2.75, 3.05) is 12.3 Å². The maximum Gasteiger partial charge on any atom is 0.416 e. The first-order valence-corrected chi connectivity index (χ1v) is 6.99. The van der Waals surface area contributed by atoms with Crippen molar-refractivity contribution >= 4 is 29.0 Å². The lowest BCUT2D eigenvalue weighted by atomic mass is 10.1. The normalized spacial score (nSPS) is 11.2. The smallest absolute Gasteiger partial charge is 0.416 e. The maximum absolute atomic E-state index is 12.6. The summed E-state index contributed by atoms with van der Waals surface area (Å²) in [6.45, 7) is -0.692. The summed E-state index contributed by atoms with van der Waals surface area (Å²) < 4.78 is 42.6. The topological polar surface area (TPSA) is 69.4 Å². The van der Waals surface area contributed by atoms with Gasteiger partial charge >= 0.3 is 12.1 Å². The van der Waals surface area contributed by atoms with Crippen LogP contribution in [0.15, 0.2) is 42.5 Å². The molecule has 2 N–H and O–H groups in total. The number of benzene rings is 2. The quantitative estimate of drug-likeness (QED) is 0.510. The van der Waals surface area contributed by atoms with Gasteiger partial charge in [-0.15, -0.1) is 0 Å². The van der Waals surface area contributed by atoms with Crippen molar-refractivity contribution < 1.29 is 27.5 Å². The van der Waals surface area contributed by atoms with Crippen LogP contribution in [0.2, 0.25) is 5.02 Å². The van der Waals surface area contributed by atoms with Crippen LogP contribution < -0.4 is 5.73 Å².